The molecular formula is C10H18N4O. The molecule has 1 atom stereocenters. The largest absolute Gasteiger partial charge is 0.337 e. The van der Waals surface area contributed by atoms with E-state index in [2.05, 4.69) is 27.3 Å². The molecule has 1 aliphatic heterocycles. The van der Waals surface area contributed by atoms with E-state index >= 15 is 0 Å². The lowest BCUT2D eigenvalue weighted by Gasteiger charge is -2.12. The number of aromatic nitrogens is 2. The molecule has 15 heavy (non-hydrogen) atoms. The number of nitrogens with one attached hydrogen (secondary N) is 1. The zero-order valence-corrected chi connectivity index (χ0v) is 9.36. The van der Waals surface area contributed by atoms with Gasteiger partial charge < -0.3 is 14.7 Å². The quantitative estimate of drug-likeness (QED) is 0.807. The van der Waals surface area contributed by atoms with Gasteiger partial charge in [-0.05, 0) is 32.4 Å². The van der Waals surface area contributed by atoms with Crippen LogP contribution in [0.5, 0.6) is 0 Å². The molecule has 0 aromatic carbocycles. The first-order chi connectivity index (χ1) is 7.28. The molecule has 1 N–H and O–H groups in total. The van der Waals surface area contributed by atoms with Gasteiger partial charge in [-0.2, -0.15) is 4.98 Å². The fourth-order valence-electron chi connectivity index (χ4n) is 1.97. The third kappa shape index (κ3) is 2.68. The maximum absolute atomic E-state index is 4.99. The predicted molar refractivity (Wildman–Crippen MR) is 57.7 cm³/mol. The van der Waals surface area contributed by atoms with Gasteiger partial charge in [0, 0.05) is 13.1 Å². The summed E-state index contributed by atoms with van der Waals surface area (Å²) in [7, 11) is 0. The molecule has 0 amide bonds. The molecule has 0 radical (unpaired) electrons. The Bertz CT molecular complexity index is 312. The Balaban J connectivity index is 1.75. The van der Waals surface area contributed by atoms with E-state index in [9.17, 15) is 0 Å². The lowest BCUT2D eigenvalue weighted by Crippen LogP contribution is -2.22. The van der Waals surface area contributed by atoms with E-state index in [1.54, 1.807) is 0 Å². The smallest absolute Gasteiger partial charge is 0.321 e. The molecule has 5 heteroatoms. The minimum atomic E-state index is 0.544. The minimum absolute atomic E-state index is 0.544. The van der Waals surface area contributed by atoms with Gasteiger partial charge in [-0.1, -0.05) is 12.1 Å². The minimum Gasteiger partial charge on any atom is -0.337 e. The lowest BCUT2D eigenvalue weighted by molar-refractivity contribution is 0.344. The van der Waals surface area contributed by atoms with Gasteiger partial charge in [0.2, 0.25) is 0 Å². The van der Waals surface area contributed by atoms with Crippen molar-refractivity contribution in [2.75, 3.05) is 31.5 Å². The van der Waals surface area contributed by atoms with Crippen LogP contribution in [0.25, 0.3) is 0 Å². The molecule has 84 valence electrons. The Labute approximate surface area is 89.8 Å². The van der Waals surface area contributed by atoms with Crippen LogP contribution in [-0.2, 0) is 0 Å². The number of rotatable bonds is 4. The van der Waals surface area contributed by atoms with Crippen LogP contribution in [0.2, 0.25) is 0 Å². The maximum Gasteiger partial charge on any atom is 0.321 e. The topological polar surface area (TPSA) is 54.2 Å². The molecule has 2 rings (SSSR count). The maximum atomic E-state index is 4.99. The second-order valence-corrected chi connectivity index (χ2v) is 4.08. The first-order valence-corrected chi connectivity index (χ1v) is 5.54. The van der Waals surface area contributed by atoms with Gasteiger partial charge in [-0.3, -0.25) is 0 Å². The average Bonchev–Trinajstić information content (AvgIpc) is 2.83. The summed E-state index contributed by atoms with van der Waals surface area (Å²) in [6.07, 6.45) is 1.26. The second kappa shape index (κ2) is 4.61. The number of anilines is 1. The van der Waals surface area contributed by atoms with Crippen molar-refractivity contribution in [2.24, 2.45) is 5.92 Å². The van der Waals surface area contributed by atoms with Gasteiger partial charge in [-0.15, -0.1) is 0 Å². The highest BCUT2D eigenvalue weighted by Crippen LogP contribution is 2.16. The standard InChI is InChI=1S/C10H18N4O/c1-3-14-5-4-9(7-14)6-11-10-12-8(2)13-15-10/h9H,3-7H2,1-2H3,(H,11,12,13). The van der Waals surface area contributed by atoms with E-state index in [1.165, 1.54) is 19.5 Å². The normalized spacial score (nSPS) is 22.1. The van der Waals surface area contributed by atoms with Crippen molar-refractivity contribution in [3.8, 4) is 0 Å². The molecule has 0 saturated carbocycles. The van der Waals surface area contributed by atoms with Crippen molar-refractivity contribution in [2.45, 2.75) is 20.3 Å². The fourth-order valence-corrected chi connectivity index (χ4v) is 1.97. The first-order valence-electron chi connectivity index (χ1n) is 5.54. The first kappa shape index (κ1) is 10.4. The molecule has 0 aliphatic carbocycles. The predicted octanol–water partition coefficient (Wildman–Crippen LogP) is 1.13. The van der Waals surface area contributed by atoms with Gasteiger partial charge in [0.05, 0.1) is 0 Å². The Kier molecular flexibility index (Phi) is 3.20. The molecule has 5 nitrogen and oxygen atoms in total. The van der Waals surface area contributed by atoms with Crippen molar-refractivity contribution in [3.05, 3.63) is 5.82 Å². The van der Waals surface area contributed by atoms with Crippen LogP contribution < -0.4 is 5.32 Å². The number of likely N-dealkylation sites (tertiary alicyclic amines) is 1. The Morgan fingerprint density at radius 1 is 1.60 bits per heavy atom. The molecule has 0 bridgehead atoms. The number of hydrogen-bond acceptors (Lipinski definition) is 5. The Morgan fingerprint density at radius 3 is 3.07 bits per heavy atom. The molecule has 1 aromatic heterocycles. The van der Waals surface area contributed by atoms with Gasteiger partial charge >= 0.3 is 6.01 Å². The van der Waals surface area contributed by atoms with Crippen LogP contribution >= 0.6 is 0 Å². The van der Waals surface area contributed by atoms with Gasteiger partial charge in [0.1, 0.15) is 0 Å². The summed E-state index contributed by atoms with van der Waals surface area (Å²) in [6, 6.07) is 0.544. The Morgan fingerprint density at radius 2 is 2.47 bits per heavy atom. The molecule has 1 aromatic rings. The highest BCUT2D eigenvalue weighted by Gasteiger charge is 2.21. The van der Waals surface area contributed by atoms with Crippen LogP contribution in [0.3, 0.4) is 0 Å². The fraction of sp³-hybridized carbons (Fsp3) is 0.800. The zero-order chi connectivity index (χ0) is 10.7. The molecule has 1 saturated heterocycles. The number of aryl methyl sites for hydroxylation is 1. The molecule has 1 unspecified atom stereocenters. The average molecular weight is 210 g/mol. The van der Waals surface area contributed by atoms with E-state index in [-0.39, 0.29) is 0 Å². The molecule has 2 heterocycles. The van der Waals surface area contributed by atoms with E-state index in [0.717, 1.165) is 13.1 Å². The molecule has 1 aliphatic rings. The van der Waals surface area contributed by atoms with E-state index in [1.807, 2.05) is 6.92 Å². The highest BCUT2D eigenvalue weighted by atomic mass is 16.5. The van der Waals surface area contributed by atoms with Crippen molar-refractivity contribution in [3.63, 3.8) is 0 Å². The van der Waals surface area contributed by atoms with Crippen LogP contribution in [0.15, 0.2) is 4.52 Å². The van der Waals surface area contributed by atoms with Crippen molar-refractivity contribution in [1.29, 1.82) is 0 Å². The SMILES string of the molecule is CCN1CCC(CNc2nc(C)no2)C1. The summed E-state index contributed by atoms with van der Waals surface area (Å²) in [5.74, 6) is 1.39. The van der Waals surface area contributed by atoms with Gasteiger partial charge in [-0.25, -0.2) is 0 Å². The molecular weight excluding hydrogens is 192 g/mol. The van der Waals surface area contributed by atoms with E-state index in [4.69, 9.17) is 4.52 Å². The number of hydrogen-bond donors (Lipinski definition) is 1. The molecule has 0 spiro atoms. The summed E-state index contributed by atoms with van der Waals surface area (Å²) in [4.78, 5) is 6.57. The zero-order valence-electron chi connectivity index (χ0n) is 9.36. The van der Waals surface area contributed by atoms with Crippen molar-refractivity contribution in [1.82, 2.24) is 15.0 Å². The van der Waals surface area contributed by atoms with Crippen LogP contribution in [0.4, 0.5) is 6.01 Å². The number of nitrogens with zero attached hydrogens (tertiary/aromatic N) is 3. The highest BCUT2D eigenvalue weighted by molar-refractivity contribution is 5.17. The summed E-state index contributed by atoms with van der Waals surface area (Å²) in [5.41, 5.74) is 0. The van der Waals surface area contributed by atoms with Gasteiger partial charge in [0.25, 0.3) is 0 Å². The second-order valence-electron chi connectivity index (χ2n) is 4.08. The van der Waals surface area contributed by atoms with Crippen molar-refractivity contribution >= 4 is 6.01 Å². The summed E-state index contributed by atoms with van der Waals surface area (Å²) in [6.45, 7) is 8.50. The summed E-state index contributed by atoms with van der Waals surface area (Å²) >= 11 is 0. The van der Waals surface area contributed by atoms with Crippen LogP contribution in [0.1, 0.15) is 19.2 Å². The van der Waals surface area contributed by atoms with Gasteiger partial charge in [0.15, 0.2) is 5.82 Å². The third-order valence-corrected chi connectivity index (χ3v) is 2.89. The summed E-state index contributed by atoms with van der Waals surface area (Å²) < 4.78 is 4.99. The summed E-state index contributed by atoms with van der Waals surface area (Å²) in [5, 5.41) is 6.92. The Hall–Kier alpha value is -1.10. The van der Waals surface area contributed by atoms with Crippen LogP contribution in [-0.4, -0.2) is 41.2 Å². The monoisotopic (exact) mass is 210 g/mol. The molecule has 1 fully saturated rings. The lowest BCUT2D eigenvalue weighted by atomic mass is 10.1. The van der Waals surface area contributed by atoms with Crippen LogP contribution in [0, 0.1) is 12.8 Å². The van der Waals surface area contributed by atoms with E-state index in [0.29, 0.717) is 17.8 Å². The third-order valence-electron chi connectivity index (χ3n) is 2.89. The van der Waals surface area contributed by atoms with Crippen molar-refractivity contribution < 1.29 is 4.52 Å². The van der Waals surface area contributed by atoms with E-state index < -0.39 is 0 Å².